The quantitative estimate of drug-likeness (QED) is 0.726. The van der Waals surface area contributed by atoms with E-state index in [-0.39, 0.29) is 0 Å². The first kappa shape index (κ1) is 17.4. The number of hydrogen-bond donors (Lipinski definition) is 1. The van der Waals surface area contributed by atoms with Crippen molar-refractivity contribution in [2.45, 2.75) is 19.3 Å². The highest BCUT2D eigenvalue weighted by Crippen LogP contribution is 2.33. The molecule has 1 fully saturated rings. The molecule has 1 N–H and O–H groups in total. The Hall–Kier alpha value is -3.02. The number of nitrogens with zero attached hydrogens (tertiary/aromatic N) is 2. The van der Waals surface area contributed by atoms with Gasteiger partial charge in [-0.15, -0.1) is 0 Å². The maximum atomic E-state index is 13.9. The molecule has 2 aromatic carbocycles. The smallest absolute Gasteiger partial charge is 0.261 e. The summed E-state index contributed by atoms with van der Waals surface area (Å²) in [5.74, 6) is -2.60. The van der Waals surface area contributed by atoms with Crippen LogP contribution < -0.4 is 10.2 Å². The molecule has 6 heteroatoms. The molecule has 2 heterocycles. The van der Waals surface area contributed by atoms with Crippen molar-refractivity contribution in [2.75, 3.05) is 23.3 Å². The number of piperidine rings is 1. The third kappa shape index (κ3) is 3.35. The van der Waals surface area contributed by atoms with E-state index in [1.165, 1.54) is 12.5 Å². The SMILES string of the molecule is O=C(Nc1ccc(N2CCCCC2)c2ccncc12)c1c(F)cccc1F. The number of rotatable bonds is 3. The van der Waals surface area contributed by atoms with Crippen molar-refractivity contribution < 1.29 is 13.6 Å². The average molecular weight is 367 g/mol. The fraction of sp³-hybridized carbons (Fsp3) is 0.238. The second kappa shape index (κ2) is 7.31. The summed E-state index contributed by atoms with van der Waals surface area (Å²) in [6, 6.07) is 8.98. The van der Waals surface area contributed by atoms with Gasteiger partial charge < -0.3 is 10.2 Å². The van der Waals surface area contributed by atoms with Crippen LogP contribution in [0.15, 0.2) is 48.8 Å². The van der Waals surface area contributed by atoms with Crippen molar-refractivity contribution in [3.63, 3.8) is 0 Å². The summed E-state index contributed by atoms with van der Waals surface area (Å²) in [5, 5.41) is 4.33. The van der Waals surface area contributed by atoms with E-state index in [9.17, 15) is 13.6 Å². The van der Waals surface area contributed by atoms with Crippen molar-refractivity contribution in [2.24, 2.45) is 0 Å². The van der Waals surface area contributed by atoms with Gasteiger partial charge in [0.25, 0.3) is 5.91 Å². The van der Waals surface area contributed by atoms with Crippen molar-refractivity contribution in [1.82, 2.24) is 4.98 Å². The Bertz CT molecular complexity index is 980. The Morgan fingerprint density at radius 2 is 1.70 bits per heavy atom. The topological polar surface area (TPSA) is 45.2 Å². The Labute approximate surface area is 155 Å². The molecular weight excluding hydrogens is 348 g/mol. The van der Waals surface area contributed by atoms with E-state index in [0.717, 1.165) is 54.5 Å². The first-order valence-corrected chi connectivity index (χ1v) is 9.02. The van der Waals surface area contributed by atoms with E-state index < -0.39 is 23.1 Å². The predicted molar refractivity (Wildman–Crippen MR) is 102 cm³/mol. The molecule has 3 aromatic rings. The zero-order chi connectivity index (χ0) is 18.8. The maximum absolute atomic E-state index is 13.9. The van der Waals surface area contributed by atoms with Gasteiger partial charge in [-0.05, 0) is 49.6 Å². The Balaban J connectivity index is 1.72. The fourth-order valence-electron chi connectivity index (χ4n) is 3.59. The number of carbonyl (C=O) groups is 1. The van der Waals surface area contributed by atoms with Crippen molar-refractivity contribution >= 4 is 28.1 Å². The van der Waals surface area contributed by atoms with E-state index in [4.69, 9.17) is 0 Å². The second-order valence-electron chi connectivity index (χ2n) is 6.65. The van der Waals surface area contributed by atoms with Gasteiger partial charge in [-0.2, -0.15) is 0 Å². The molecule has 4 nitrogen and oxygen atoms in total. The monoisotopic (exact) mass is 367 g/mol. The second-order valence-corrected chi connectivity index (χ2v) is 6.65. The number of aromatic nitrogens is 1. The predicted octanol–water partition coefficient (Wildman–Crippen LogP) is 4.76. The largest absolute Gasteiger partial charge is 0.371 e. The molecule has 0 aliphatic carbocycles. The molecule has 0 radical (unpaired) electrons. The van der Waals surface area contributed by atoms with Gasteiger partial charge in [0.15, 0.2) is 0 Å². The first-order chi connectivity index (χ1) is 13.1. The van der Waals surface area contributed by atoms with Crippen LogP contribution in [0.2, 0.25) is 0 Å². The molecule has 1 aromatic heterocycles. The Kier molecular flexibility index (Phi) is 4.71. The van der Waals surface area contributed by atoms with Crippen molar-refractivity contribution in [3.8, 4) is 0 Å². The summed E-state index contributed by atoms with van der Waals surface area (Å²) in [6.07, 6.45) is 6.90. The zero-order valence-electron chi connectivity index (χ0n) is 14.7. The van der Waals surface area contributed by atoms with Crippen LogP contribution >= 0.6 is 0 Å². The third-order valence-corrected chi connectivity index (χ3v) is 4.93. The highest BCUT2D eigenvalue weighted by atomic mass is 19.1. The minimum absolute atomic E-state index is 0.478. The Morgan fingerprint density at radius 3 is 2.44 bits per heavy atom. The zero-order valence-corrected chi connectivity index (χ0v) is 14.7. The molecule has 0 saturated carbocycles. The van der Waals surface area contributed by atoms with E-state index in [2.05, 4.69) is 15.2 Å². The van der Waals surface area contributed by atoms with E-state index in [1.54, 1.807) is 18.5 Å². The molecule has 0 atom stereocenters. The number of anilines is 2. The summed E-state index contributed by atoms with van der Waals surface area (Å²) < 4.78 is 27.8. The minimum Gasteiger partial charge on any atom is -0.371 e. The molecule has 138 valence electrons. The van der Waals surface area contributed by atoms with Crippen LogP contribution in [0.3, 0.4) is 0 Å². The van der Waals surface area contributed by atoms with Crippen molar-refractivity contribution in [3.05, 3.63) is 66.0 Å². The molecule has 1 amide bonds. The van der Waals surface area contributed by atoms with Gasteiger partial charge in [-0.1, -0.05) is 6.07 Å². The summed E-state index contributed by atoms with van der Waals surface area (Å²) in [4.78, 5) is 18.9. The van der Waals surface area contributed by atoms with E-state index >= 15 is 0 Å². The van der Waals surface area contributed by atoms with Crippen LogP contribution in [0.1, 0.15) is 29.6 Å². The number of hydrogen-bond acceptors (Lipinski definition) is 3. The van der Waals surface area contributed by atoms with Crippen LogP contribution in [-0.4, -0.2) is 24.0 Å². The van der Waals surface area contributed by atoms with Gasteiger partial charge in [-0.25, -0.2) is 8.78 Å². The van der Waals surface area contributed by atoms with Crippen molar-refractivity contribution in [1.29, 1.82) is 0 Å². The molecule has 27 heavy (non-hydrogen) atoms. The van der Waals surface area contributed by atoms with Gasteiger partial charge in [0.2, 0.25) is 0 Å². The standard InChI is InChI=1S/C21H19F2N3O/c22-16-5-4-6-17(23)20(16)21(27)25-18-7-8-19(26-11-2-1-3-12-26)14-9-10-24-13-15(14)18/h4-10,13H,1-3,11-12H2,(H,25,27). The molecule has 4 rings (SSSR count). The third-order valence-electron chi connectivity index (χ3n) is 4.93. The molecule has 1 aliphatic heterocycles. The number of halogens is 2. The molecular formula is C21H19F2N3O. The fourth-order valence-corrected chi connectivity index (χ4v) is 3.59. The normalized spacial score (nSPS) is 14.4. The van der Waals surface area contributed by atoms with Crippen LogP contribution in [-0.2, 0) is 0 Å². The lowest BCUT2D eigenvalue weighted by Gasteiger charge is -2.30. The number of fused-ring (bicyclic) bond motifs is 1. The average Bonchev–Trinajstić information content (AvgIpc) is 2.69. The lowest BCUT2D eigenvalue weighted by atomic mass is 10.0. The van der Waals surface area contributed by atoms with Crippen LogP contribution in [0.5, 0.6) is 0 Å². The summed E-state index contributed by atoms with van der Waals surface area (Å²) in [5.41, 5.74) is 0.975. The lowest BCUT2D eigenvalue weighted by Crippen LogP contribution is -2.29. The molecule has 0 spiro atoms. The van der Waals surface area contributed by atoms with Crippen LogP contribution in [0.25, 0.3) is 10.8 Å². The molecule has 0 bridgehead atoms. The van der Waals surface area contributed by atoms with Crippen LogP contribution in [0.4, 0.5) is 20.2 Å². The molecule has 0 unspecified atom stereocenters. The van der Waals surface area contributed by atoms with Crippen LogP contribution in [0, 0.1) is 11.6 Å². The van der Waals surface area contributed by atoms with Gasteiger partial charge in [0, 0.05) is 41.9 Å². The first-order valence-electron chi connectivity index (χ1n) is 9.02. The number of carbonyl (C=O) groups excluding carboxylic acids is 1. The number of nitrogens with one attached hydrogen (secondary N) is 1. The Morgan fingerprint density at radius 1 is 0.963 bits per heavy atom. The summed E-state index contributed by atoms with van der Waals surface area (Å²) >= 11 is 0. The van der Waals surface area contributed by atoms with E-state index in [0.29, 0.717) is 5.69 Å². The van der Waals surface area contributed by atoms with Gasteiger partial charge in [0.1, 0.15) is 17.2 Å². The highest BCUT2D eigenvalue weighted by molar-refractivity contribution is 6.11. The highest BCUT2D eigenvalue weighted by Gasteiger charge is 2.19. The van der Waals surface area contributed by atoms with E-state index in [1.807, 2.05) is 12.1 Å². The maximum Gasteiger partial charge on any atom is 0.261 e. The minimum atomic E-state index is -0.889. The molecule has 1 saturated heterocycles. The summed E-state index contributed by atoms with van der Waals surface area (Å²) in [7, 11) is 0. The van der Waals surface area contributed by atoms with Gasteiger partial charge in [0.05, 0.1) is 5.69 Å². The van der Waals surface area contributed by atoms with Gasteiger partial charge in [-0.3, -0.25) is 9.78 Å². The van der Waals surface area contributed by atoms with Gasteiger partial charge >= 0.3 is 0 Å². The lowest BCUT2D eigenvalue weighted by molar-refractivity contribution is 0.101. The molecule has 1 aliphatic rings. The summed E-state index contributed by atoms with van der Waals surface area (Å²) in [6.45, 7) is 1.98. The number of benzene rings is 2. The number of amides is 1. The number of pyridine rings is 1.